The van der Waals surface area contributed by atoms with Gasteiger partial charge < -0.3 is 4.74 Å². The van der Waals surface area contributed by atoms with Gasteiger partial charge in [0.15, 0.2) is 0 Å². The predicted octanol–water partition coefficient (Wildman–Crippen LogP) is 2.92. The lowest BCUT2D eigenvalue weighted by Crippen LogP contribution is -2.34. The van der Waals surface area contributed by atoms with Gasteiger partial charge in [-0.05, 0) is 49.6 Å². The molecule has 1 fully saturated rings. The van der Waals surface area contributed by atoms with Crippen molar-refractivity contribution < 1.29 is 9.53 Å². The minimum atomic E-state index is -0.344. The fourth-order valence-corrected chi connectivity index (χ4v) is 2.71. The van der Waals surface area contributed by atoms with Gasteiger partial charge in [-0.25, -0.2) is 4.79 Å². The summed E-state index contributed by atoms with van der Waals surface area (Å²) in [7, 11) is 0. The minimum absolute atomic E-state index is 0.274. The lowest BCUT2D eigenvalue weighted by Gasteiger charge is -2.44. The molecule has 0 unspecified atom stereocenters. The van der Waals surface area contributed by atoms with E-state index in [0.29, 0.717) is 30.7 Å². The molecular weight excluding hydrogens is 206 g/mol. The first-order valence-electron chi connectivity index (χ1n) is 5.93. The van der Waals surface area contributed by atoms with Crippen molar-refractivity contribution in [3.63, 3.8) is 0 Å². The van der Waals surface area contributed by atoms with Crippen LogP contribution in [0.25, 0.3) is 0 Å². The summed E-state index contributed by atoms with van der Waals surface area (Å²) in [6.07, 6.45) is 5.89. The van der Waals surface area contributed by atoms with Gasteiger partial charge in [-0.2, -0.15) is 0 Å². The summed E-state index contributed by atoms with van der Waals surface area (Å²) in [5, 5.41) is 2.99. The highest BCUT2D eigenvalue weighted by Crippen LogP contribution is 2.53. The van der Waals surface area contributed by atoms with Crippen molar-refractivity contribution in [2.75, 3.05) is 6.61 Å². The first-order valence-corrected chi connectivity index (χ1v) is 5.93. The summed E-state index contributed by atoms with van der Waals surface area (Å²) >= 11 is 0. The maximum atomic E-state index is 11.7. The van der Waals surface area contributed by atoms with Crippen LogP contribution < -0.4 is 0 Å². The molecular formula is C12H17NO3. The van der Waals surface area contributed by atoms with Gasteiger partial charge in [0.25, 0.3) is 0 Å². The normalized spacial score (nSPS) is 22.8. The van der Waals surface area contributed by atoms with Crippen molar-refractivity contribution in [3.8, 4) is 0 Å². The summed E-state index contributed by atoms with van der Waals surface area (Å²) in [5.74, 6) is -0.344. The Kier molecular flexibility index (Phi) is 3.08. The molecule has 2 rings (SSSR count). The Balaban J connectivity index is 2.18. The zero-order chi connectivity index (χ0) is 11.6. The Labute approximate surface area is 95.0 Å². The molecule has 0 aromatic heterocycles. The topological polar surface area (TPSA) is 55.7 Å². The summed E-state index contributed by atoms with van der Waals surface area (Å²) in [5.41, 5.74) is 1.22. The number of nitrogens with zero attached hydrogens (tertiary/aromatic N) is 1. The highest BCUT2D eigenvalue weighted by atomic mass is 16.5. The van der Waals surface area contributed by atoms with Gasteiger partial charge in [0.05, 0.1) is 17.9 Å². The maximum absolute atomic E-state index is 11.7. The third-order valence-electron chi connectivity index (χ3n) is 3.84. The summed E-state index contributed by atoms with van der Waals surface area (Å²) in [4.78, 5) is 22.4. The molecule has 16 heavy (non-hydrogen) atoms. The van der Waals surface area contributed by atoms with Crippen LogP contribution in [0.3, 0.4) is 0 Å². The van der Waals surface area contributed by atoms with Crippen molar-refractivity contribution in [2.24, 2.45) is 10.6 Å². The van der Waals surface area contributed by atoms with E-state index in [9.17, 15) is 9.70 Å². The third-order valence-corrected chi connectivity index (χ3v) is 3.84. The number of hydrogen-bond donors (Lipinski definition) is 0. The number of allylic oxidation sites excluding steroid dienone is 1. The Bertz CT molecular complexity index is 342. The van der Waals surface area contributed by atoms with E-state index in [1.165, 1.54) is 19.3 Å². The molecule has 0 N–H and O–H groups in total. The average Bonchev–Trinajstić information content (AvgIpc) is 2.26. The van der Waals surface area contributed by atoms with E-state index in [1.54, 1.807) is 6.92 Å². The number of carbonyl (C=O) groups is 1. The van der Waals surface area contributed by atoms with E-state index in [0.717, 1.165) is 6.42 Å². The van der Waals surface area contributed by atoms with E-state index in [1.807, 2.05) is 0 Å². The number of esters is 1. The SMILES string of the molecule is CCOC(=O)C1=C(N=O)CCC2(CCC2)C1. The molecule has 1 saturated carbocycles. The van der Waals surface area contributed by atoms with Gasteiger partial charge in [-0.1, -0.05) is 6.42 Å². The second kappa shape index (κ2) is 4.36. The first kappa shape index (κ1) is 11.3. The van der Waals surface area contributed by atoms with Gasteiger partial charge in [0.1, 0.15) is 0 Å². The molecule has 0 radical (unpaired) electrons. The lowest BCUT2D eigenvalue weighted by molar-refractivity contribution is -0.139. The molecule has 0 aliphatic heterocycles. The predicted molar refractivity (Wildman–Crippen MR) is 59.6 cm³/mol. The maximum Gasteiger partial charge on any atom is 0.335 e. The van der Waals surface area contributed by atoms with Crippen molar-refractivity contribution in [1.29, 1.82) is 0 Å². The highest BCUT2D eigenvalue weighted by molar-refractivity contribution is 5.89. The Hall–Kier alpha value is -1.19. The number of rotatable bonds is 3. The fraction of sp³-hybridized carbons (Fsp3) is 0.750. The molecule has 4 heteroatoms. The van der Waals surface area contributed by atoms with Gasteiger partial charge in [-0.15, -0.1) is 4.91 Å². The molecule has 0 aromatic rings. The Morgan fingerprint density at radius 2 is 2.19 bits per heavy atom. The molecule has 0 bridgehead atoms. The lowest BCUT2D eigenvalue weighted by atomic mass is 9.60. The molecule has 0 amide bonds. The zero-order valence-corrected chi connectivity index (χ0v) is 9.62. The van der Waals surface area contributed by atoms with E-state index in [-0.39, 0.29) is 11.4 Å². The van der Waals surface area contributed by atoms with Crippen LogP contribution in [-0.4, -0.2) is 12.6 Å². The standard InChI is InChI=1S/C12H17NO3/c1-2-16-11(14)9-8-12(5-3-6-12)7-4-10(9)13-15/h2-8H2,1H3. The van der Waals surface area contributed by atoms with Gasteiger partial charge in [0, 0.05) is 0 Å². The molecule has 0 atom stereocenters. The van der Waals surface area contributed by atoms with Crippen LogP contribution in [0.5, 0.6) is 0 Å². The molecule has 4 nitrogen and oxygen atoms in total. The van der Waals surface area contributed by atoms with E-state index >= 15 is 0 Å². The molecule has 0 saturated heterocycles. The third kappa shape index (κ3) is 1.88. The molecule has 2 aliphatic rings. The van der Waals surface area contributed by atoms with E-state index in [2.05, 4.69) is 5.18 Å². The second-order valence-electron chi connectivity index (χ2n) is 4.77. The van der Waals surface area contributed by atoms with E-state index in [4.69, 9.17) is 4.74 Å². The van der Waals surface area contributed by atoms with Crippen LogP contribution in [0.1, 0.15) is 45.4 Å². The molecule has 0 heterocycles. The van der Waals surface area contributed by atoms with Crippen molar-refractivity contribution >= 4 is 5.97 Å². The van der Waals surface area contributed by atoms with Crippen molar-refractivity contribution in [1.82, 2.24) is 0 Å². The van der Waals surface area contributed by atoms with Crippen LogP contribution in [0.4, 0.5) is 0 Å². The average molecular weight is 223 g/mol. The zero-order valence-electron chi connectivity index (χ0n) is 9.62. The first-order chi connectivity index (χ1) is 7.71. The van der Waals surface area contributed by atoms with Crippen LogP contribution >= 0.6 is 0 Å². The number of ether oxygens (including phenoxy) is 1. The second-order valence-corrected chi connectivity index (χ2v) is 4.77. The van der Waals surface area contributed by atoms with Crippen LogP contribution in [0, 0.1) is 10.3 Å². The molecule has 2 aliphatic carbocycles. The van der Waals surface area contributed by atoms with Crippen molar-refractivity contribution in [2.45, 2.75) is 45.4 Å². The largest absolute Gasteiger partial charge is 0.463 e. The Morgan fingerprint density at radius 3 is 2.69 bits per heavy atom. The molecule has 0 aromatic carbocycles. The van der Waals surface area contributed by atoms with E-state index < -0.39 is 0 Å². The Morgan fingerprint density at radius 1 is 1.44 bits per heavy atom. The van der Waals surface area contributed by atoms with Crippen molar-refractivity contribution in [3.05, 3.63) is 16.2 Å². The summed E-state index contributed by atoms with van der Waals surface area (Å²) < 4.78 is 4.98. The van der Waals surface area contributed by atoms with Gasteiger partial charge >= 0.3 is 5.97 Å². The van der Waals surface area contributed by atoms with Crippen LogP contribution in [0.2, 0.25) is 0 Å². The van der Waals surface area contributed by atoms with Gasteiger partial charge in [0.2, 0.25) is 0 Å². The number of hydrogen-bond acceptors (Lipinski definition) is 4. The number of carbonyl (C=O) groups excluding carboxylic acids is 1. The molecule has 88 valence electrons. The summed E-state index contributed by atoms with van der Waals surface area (Å²) in [6.45, 7) is 2.12. The monoisotopic (exact) mass is 223 g/mol. The minimum Gasteiger partial charge on any atom is -0.463 e. The van der Waals surface area contributed by atoms with Gasteiger partial charge in [-0.3, -0.25) is 0 Å². The van der Waals surface area contributed by atoms with Crippen LogP contribution in [-0.2, 0) is 9.53 Å². The highest BCUT2D eigenvalue weighted by Gasteiger charge is 2.42. The smallest absolute Gasteiger partial charge is 0.335 e. The molecule has 1 spiro atoms. The fourth-order valence-electron chi connectivity index (χ4n) is 2.71. The van der Waals surface area contributed by atoms with Crippen LogP contribution in [0.15, 0.2) is 16.4 Å². The summed E-state index contributed by atoms with van der Waals surface area (Å²) in [6, 6.07) is 0. The quantitative estimate of drug-likeness (QED) is 0.546. The number of nitroso groups, excluding NO2 is 1.